The highest BCUT2D eigenvalue weighted by Gasteiger charge is 2.01. The summed E-state index contributed by atoms with van der Waals surface area (Å²) in [5, 5.41) is 6.34. The van der Waals surface area contributed by atoms with Gasteiger partial charge < -0.3 is 0 Å². The van der Waals surface area contributed by atoms with Gasteiger partial charge in [-0.2, -0.15) is 5.10 Å². The molecule has 0 bridgehead atoms. The van der Waals surface area contributed by atoms with Gasteiger partial charge in [0.25, 0.3) is 5.56 Å². The van der Waals surface area contributed by atoms with Gasteiger partial charge in [-0.05, 0) is 18.2 Å². The second kappa shape index (κ2) is 4.25. The van der Waals surface area contributed by atoms with Crippen LogP contribution in [0.5, 0.6) is 0 Å². The first kappa shape index (κ1) is 10.4. The Morgan fingerprint density at radius 1 is 1.17 bits per heavy atom. The number of H-pyrrole nitrogens is 1. The van der Waals surface area contributed by atoms with Gasteiger partial charge >= 0.3 is 0 Å². The van der Waals surface area contributed by atoms with Crippen molar-refractivity contribution in [2.45, 2.75) is 0 Å². The zero-order valence-electron chi connectivity index (χ0n) is 9.32. The van der Waals surface area contributed by atoms with E-state index in [4.69, 9.17) is 0 Å². The largest absolute Gasteiger partial charge is 0.291 e. The number of imidazole rings is 1. The van der Waals surface area contributed by atoms with Gasteiger partial charge in [0, 0.05) is 30.2 Å². The van der Waals surface area contributed by atoms with Crippen LogP contribution in [0.4, 0.5) is 0 Å². The Balaban J connectivity index is 1.96. The Morgan fingerprint density at radius 3 is 2.72 bits per heavy atom. The first-order chi connectivity index (χ1) is 8.83. The molecule has 3 aromatic heterocycles. The fraction of sp³-hybridized carbons (Fsp3) is 0. The van der Waals surface area contributed by atoms with Gasteiger partial charge in [-0.25, -0.2) is 15.1 Å². The maximum Gasteiger partial charge on any atom is 0.264 e. The predicted molar refractivity (Wildman–Crippen MR) is 65.2 cm³/mol. The van der Waals surface area contributed by atoms with Crippen LogP contribution < -0.4 is 5.56 Å². The Bertz CT molecular complexity index is 680. The van der Waals surface area contributed by atoms with E-state index in [2.05, 4.69) is 20.2 Å². The van der Waals surface area contributed by atoms with Crippen molar-refractivity contribution in [2.75, 3.05) is 0 Å². The lowest BCUT2D eigenvalue weighted by Crippen LogP contribution is -2.05. The van der Waals surface area contributed by atoms with Crippen molar-refractivity contribution in [2.24, 2.45) is 0 Å². The molecule has 6 heteroatoms. The van der Waals surface area contributed by atoms with Crippen molar-refractivity contribution in [3.05, 3.63) is 59.5 Å². The third-order valence-corrected chi connectivity index (χ3v) is 2.49. The molecule has 18 heavy (non-hydrogen) atoms. The number of nitrogens with one attached hydrogen (secondary N) is 1. The van der Waals surface area contributed by atoms with Crippen molar-refractivity contribution in [1.29, 1.82) is 0 Å². The summed E-state index contributed by atoms with van der Waals surface area (Å²) in [6, 6.07) is 6.85. The third kappa shape index (κ3) is 1.91. The van der Waals surface area contributed by atoms with E-state index in [9.17, 15) is 4.79 Å². The average Bonchev–Trinajstić information content (AvgIpc) is 2.94. The average molecular weight is 239 g/mol. The van der Waals surface area contributed by atoms with Crippen LogP contribution in [0.3, 0.4) is 0 Å². The molecule has 88 valence electrons. The quantitative estimate of drug-likeness (QED) is 0.724. The van der Waals surface area contributed by atoms with E-state index in [0.29, 0.717) is 5.69 Å². The summed E-state index contributed by atoms with van der Waals surface area (Å²) < 4.78 is 1.81. The Kier molecular flexibility index (Phi) is 2.45. The summed E-state index contributed by atoms with van der Waals surface area (Å²) in [4.78, 5) is 19.2. The highest BCUT2D eigenvalue weighted by atomic mass is 16.1. The molecule has 0 fully saturated rings. The van der Waals surface area contributed by atoms with Gasteiger partial charge in [-0.1, -0.05) is 0 Å². The van der Waals surface area contributed by atoms with Crippen LogP contribution in [0.25, 0.3) is 17.1 Å². The summed E-state index contributed by atoms with van der Waals surface area (Å²) in [5.74, 6) is 0.778. The molecule has 6 nitrogen and oxygen atoms in total. The maximum absolute atomic E-state index is 10.9. The minimum atomic E-state index is -0.221. The highest BCUT2D eigenvalue weighted by molar-refractivity contribution is 5.57. The summed E-state index contributed by atoms with van der Waals surface area (Å²) in [6.45, 7) is 0. The third-order valence-electron chi connectivity index (χ3n) is 2.49. The van der Waals surface area contributed by atoms with Crippen LogP contribution in [0, 0.1) is 0 Å². The molecule has 0 aliphatic carbocycles. The van der Waals surface area contributed by atoms with Crippen molar-refractivity contribution in [3.8, 4) is 17.1 Å². The zero-order valence-corrected chi connectivity index (χ0v) is 9.32. The minimum Gasteiger partial charge on any atom is -0.291 e. The molecule has 0 unspecified atom stereocenters. The van der Waals surface area contributed by atoms with Crippen molar-refractivity contribution >= 4 is 0 Å². The van der Waals surface area contributed by atoms with Gasteiger partial charge in [-0.3, -0.25) is 9.36 Å². The maximum atomic E-state index is 10.9. The molecule has 0 spiro atoms. The van der Waals surface area contributed by atoms with Gasteiger partial charge in [0.2, 0.25) is 0 Å². The number of rotatable bonds is 2. The van der Waals surface area contributed by atoms with Crippen molar-refractivity contribution in [1.82, 2.24) is 24.7 Å². The van der Waals surface area contributed by atoms with E-state index in [-0.39, 0.29) is 5.56 Å². The molecular weight excluding hydrogens is 230 g/mol. The van der Waals surface area contributed by atoms with Crippen LogP contribution in [-0.4, -0.2) is 24.7 Å². The molecule has 0 atom stereocenters. The first-order valence-corrected chi connectivity index (χ1v) is 5.33. The Hall–Kier alpha value is -2.76. The van der Waals surface area contributed by atoms with E-state index in [1.807, 2.05) is 22.9 Å². The molecular formula is C12H9N5O. The lowest BCUT2D eigenvalue weighted by molar-refractivity contribution is 0.980. The number of hydrogen-bond acceptors (Lipinski definition) is 4. The molecule has 3 heterocycles. The van der Waals surface area contributed by atoms with E-state index in [0.717, 1.165) is 11.4 Å². The van der Waals surface area contributed by atoms with Crippen LogP contribution in [0.2, 0.25) is 0 Å². The summed E-state index contributed by atoms with van der Waals surface area (Å²) in [7, 11) is 0. The minimum absolute atomic E-state index is 0.221. The van der Waals surface area contributed by atoms with E-state index in [1.165, 1.54) is 6.07 Å². The fourth-order valence-electron chi connectivity index (χ4n) is 1.59. The smallest absolute Gasteiger partial charge is 0.264 e. The number of aromatic nitrogens is 5. The molecule has 3 aromatic rings. The Labute approximate surface area is 102 Å². The second-order valence-corrected chi connectivity index (χ2v) is 3.68. The summed E-state index contributed by atoms with van der Waals surface area (Å²) >= 11 is 0. The van der Waals surface area contributed by atoms with Gasteiger partial charge in [0.1, 0.15) is 12.1 Å². The monoisotopic (exact) mass is 239 g/mol. The lowest BCUT2D eigenvalue weighted by atomic mass is 10.2. The molecule has 3 rings (SSSR count). The van der Waals surface area contributed by atoms with Gasteiger partial charge in [0.05, 0.1) is 5.69 Å². The van der Waals surface area contributed by atoms with E-state index < -0.39 is 0 Å². The van der Waals surface area contributed by atoms with Crippen LogP contribution >= 0.6 is 0 Å². The molecule has 0 aliphatic rings. The van der Waals surface area contributed by atoms with E-state index >= 15 is 0 Å². The number of hydrogen-bond donors (Lipinski definition) is 1. The predicted octanol–water partition coefficient (Wildman–Crippen LogP) is 1.02. The molecule has 0 radical (unpaired) electrons. The number of pyridine rings is 1. The summed E-state index contributed by atoms with van der Waals surface area (Å²) in [6.07, 6.45) is 6.90. The summed E-state index contributed by atoms with van der Waals surface area (Å²) in [5.41, 5.74) is 1.30. The van der Waals surface area contributed by atoms with Crippen molar-refractivity contribution < 1.29 is 0 Å². The molecule has 0 amide bonds. The SMILES string of the molecule is O=c1ccc(-c2ccc(-n3ccnc3)nc2)n[nH]1. The highest BCUT2D eigenvalue weighted by Crippen LogP contribution is 2.15. The number of aromatic amines is 1. The molecule has 0 aliphatic heterocycles. The Morgan fingerprint density at radius 2 is 2.11 bits per heavy atom. The second-order valence-electron chi connectivity index (χ2n) is 3.68. The molecule has 0 aromatic carbocycles. The number of nitrogens with zero attached hydrogens (tertiary/aromatic N) is 4. The van der Waals surface area contributed by atoms with Crippen molar-refractivity contribution in [3.63, 3.8) is 0 Å². The van der Waals surface area contributed by atoms with E-state index in [1.54, 1.807) is 24.8 Å². The normalized spacial score (nSPS) is 10.4. The molecule has 0 saturated carbocycles. The van der Waals surface area contributed by atoms with Crippen LogP contribution in [0.15, 0.2) is 54.0 Å². The van der Waals surface area contributed by atoms with Gasteiger partial charge in [-0.15, -0.1) is 0 Å². The molecule has 0 saturated heterocycles. The van der Waals surface area contributed by atoms with Crippen LogP contribution in [0.1, 0.15) is 0 Å². The van der Waals surface area contributed by atoms with Gasteiger partial charge in [0.15, 0.2) is 0 Å². The lowest BCUT2D eigenvalue weighted by Gasteiger charge is -2.02. The van der Waals surface area contributed by atoms with Crippen LogP contribution in [-0.2, 0) is 0 Å². The zero-order chi connectivity index (χ0) is 12.4. The standard InChI is InChI=1S/C12H9N5O/c18-12-4-2-10(15-16-12)9-1-3-11(14-7-9)17-6-5-13-8-17/h1-8H,(H,16,18). The first-order valence-electron chi connectivity index (χ1n) is 5.33. The topological polar surface area (TPSA) is 76.5 Å². The fourth-order valence-corrected chi connectivity index (χ4v) is 1.59. The molecule has 1 N–H and O–H groups in total.